The van der Waals surface area contributed by atoms with Crippen molar-refractivity contribution in [3.05, 3.63) is 30.1 Å². The molecule has 1 amide bonds. The Bertz CT molecular complexity index is 552. The maximum atomic E-state index is 12.0. The zero-order chi connectivity index (χ0) is 15.1. The van der Waals surface area contributed by atoms with Crippen molar-refractivity contribution in [2.75, 3.05) is 12.3 Å². The van der Waals surface area contributed by atoms with E-state index in [4.69, 9.17) is 0 Å². The molecule has 5 nitrogen and oxygen atoms in total. The Morgan fingerprint density at radius 2 is 2.05 bits per heavy atom. The number of carbonyl (C=O) groups is 1. The van der Waals surface area contributed by atoms with Gasteiger partial charge in [-0.25, -0.2) is 8.42 Å². The molecule has 1 aromatic rings. The summed E-state index contributed by atoms with van der Waals surface area (Å²) in [4.78, 5) is 15.9. The average molecular weight is 310 g/mol. The average Bonchev–Trinajstić information content (AvgIpc) is 3.01. The van der Waals surface area contributed by atoms with Gasteiger partial charge in [0.05, 0.1) is 11.0 Å². The summed E-state index contributed by atoms with van der Waals surface area (Å²) in [6.45, 7) is 0.485. The number of hydrogen-bond donors (Lipinski definition) is 1. The van der Waals surface area contributed by atoms with E-state index >= 15 is 0 Å². The maximum absolute atomic E-state index is 12.0. The van der Waals surface area contributed by atoms with Gasteiger partial charge in [-0.2, -0.15) is 0 Å². The van der Waals surface area contributed by atoms with Crippen LogP contribution in [0.25, 0.3) is 0 Å². The van der Waals surface area contributed by atoms with Gasteiger partial charge in [-0.05, 0) is 25.0 Å². The molecule has 0 aliphatic heterocycles. The van der Waals surface area contributed by atoms with E-state index in [9.17, 15) is 13.2 Å². The fraction of sp³-hybridized carbons (Fsp3) is 0.600. The van der Waals surface area contributed by atoms with Crippen molar-refractivity contribution >= 4 is 15.7 Å². The summed E-state index contributed by atoms with van der Waals surface area (Å²) in [5.41, 5.74) is 0.913. The number of aromatic nitrogens is 1. The molecule has 116 valence electrons. The first-order valence-electron chi connectivity index (χ1n) is 7.46. The molecule has 1 N–H and O–H groups in total. The van der Waals surface area contributed by atoms with Gasteiger partial charge >= 0.3 is 0 Å². The highest BCUT2D eigenvalue weighted by Crippen LogP contribution is 2.25. The molecule has 0 atom stereocenters. The minimum atomic E-state index is -3.11. The summed E-state index contributed by atoms with van der Waals surface area (Å²) in [5, 5.41) is 2.53. The first kappa shape index (κ1) is 15.9. The van der Waals surface area contributed by atoms with Crippen LogP contribution in [0.5, 0.6) is 0 Å². The number of amides is 1. The number of carbonyl (C=O) groups excluding carboxylic acids is 1. The highest BCUT2D eigenvalue weighted by Gasteiger charge is 2.28. The monoisotopic (exact) mass is 310 g/mol. The van der Waals surface area contributed by atoms with Gasteiger partial charge in [0, 0.05) is 31.3 Å². The molecule has 1 aliphatic rings. The lowest BCUT2D eigenvalue weighted by Crippen LogP contribution is -2.29. The Kier molecular flexibility index (Phi) is 5.73. The molecule has 0 saturated heterocycles. The largest absolute Gasteiger partial charge is 0.356 e. The van der Waals surface area contributed by atoms with Crippen LogP contribution in [0, 0.1) is 0 Å². The Morgan fingerprint density at radius 1 is 1.29 bits per heavy atom. The van der Waals surface area contributed by atoms with Crippen LogP contribution in [0.2, 0.25) is 0 Å². The Hall–Kier alpha value is -1.43. The van der Waals surface area contributed by atoms with E-state index in [0.717, 1.165) is 31.4 Å². The molecule has 1 aromatic heterocycles. The minimum Gasteiger partial charge on any atom is -0.356 e. The maximum Gasteiger partial charge on any atom is 0.221 e. The quantitative estimate of drug-likeness (QED) is 0.828. The lowest BCUT2D eigenvalue weighted by atomic mass is 10.2. The van der Waals surface area contributed by atoms with Crippen molar-refractivity contribution in [2.45, 2.75) is 43.8 Å². The molecule has 21 heavy (non-hydrogen) atoms. The second kappa shape index (κ2) is 7.54. The van der Waals surface area contributed by atoms with Gasteiger partial charge in [-0.3, -0.25) is 9.78 Å². The highest BCUT2D eigenvalue weighted by atomic mass is 32.2. The van der Waals surface area contributed by atoms with Crippen molar-refractivity contribution in [1.29, 1.82) is 0 Å². The van der Waals surface area contributed by atoms with Crippen molar-refractivity contribution in [1.82, 2.24) is 10.3 Å². The number of sulfone groups is 1. The van der Waals surface area contributed by atoms with Crippen molar-refractivity contribution in [3.63, 3.8) is 0 Å². The third-order valence-corrected chi connectivity index (χ3v) is 6.11. The van der Waals surface area contributed by atoms with Gasteiger partial charge in [0.2, 0.25) is 5.91 Å². The minimum absolute atomic E-state index is 0.0346. The van der Waals surface area contributed by atoms with Crippen LogP contribution in [-0.4, -0.2) is 36.9 Å². The molecule has 0 unspecified atom stereocenters. The first-order valence-corrected chi connectivity index (χ1v) is 9.17. The number of rotatable bonds is 7. The topological polar surface area (TPSA) is 76.1 Å². The highest BCUT2D eigenvalue weighted by molar-refractivity contribution is 7.92. The molecule has 1 heterocycles. The number of nitrogens with one attached hydrogen (secondary N) is 1. The third-order valence-electron chi connectivity index (χ3n) is 3.85. The second-order valence-corrected chi connectivity index (χ2v) is 7.85. The van der Waals surface area contributed by atoms with E-state index in [1.54, 1.807) is 6.20 Å². The van der Waals surface area contributed by atoms with E-state index in [2.05, 4.69) is 10.3 Å². The molecule has 6 heteroatoms. The smallest absolute Gasteiger partial charge is 0.221 e. The fourth-order valence-electron chi connectivity index (χ4n) is 2.61. The molecule has 1 saturated carbocycles. The number of pyridine rings is 1. The zero-order valence-electron chi connectivity index (χ0n) is 12.1. The van der Waals surface area contributed by atoms with Gasteiger partial charge < -0.3 is 5.32 Å². The number of hydrogen-bond acceptors (Lipinski definition) is 4. The summed E-state index contributed by atoms with van der Waals surface area (Å²) < 4.78 is 24.1. The van der Waals surface area contributed by atoms with Gasteiger partial charge in [-0.15, -0.1) is 0 Å². The molecular weight excluding hydrogens is 288 g/mol. The third kappa shape index (κ3) is 5.12. The van der Waals surface area contributed by atoms with Crippen LogP contribution < -0.4 is 5.32 Å². The predicted octanol–water partition coefficient (Wildman–Crippen LogP) is 1.49. The van der Waals surface area contributed by atoms with Crippen LogP contribution in [0.1, 0.15) is 37.8 Å². The molecule has 0 aromatic carbocycles. The van der Waals surface area contributed by atoms with Crippen molar-refractivity contribution in [3.8, 4) is 0 Å². The zero-order valence-corrected chi connectivity index (χ0v) is 12.9. The molecule has 0 radical (unpaired) electrons. The summed E-state index contributed by atoms with van der Waals surface area (Å²) in [6, 6.07) is 5.64. The van der Waals surface area contributed by atoms with E-state index in [0.29, 0.717) is 13.0 Å². The molecular formula is C15H22N2O3S. The van der Waals surface area contributed by atoms with E-state index < -0.39 is 9.84 Å². The van der Waals surface area contributed by atoms with Gasteiger partial charge in [0.15, 0.2) is 9.84 Å². The Balaban J connectivity index is 1.67. The predicted molar refractivity (Wildman–Crippen MR) is 81.6 cm³/mol. The van der Waals surface area contributed by atoms with E-state index in [1.807, 2.05) is 18.2 Å². The molecule has 0 bridgehead atoms. The van der Waals surface area contributed by atoms with Gasteiger partial charge in [-0.1, -0.05) is 18.9 Å². The molecule has 1 fully saturated rings. The van der Waals surface area contributed by atoms with Crippen molar-refractivity contribution in [2.24, 2.45) is 0 Å². The lowest BCUT2D eigenvalue weighted by molar-refractivity contribution is -0.120. The molecule has 2 rings (SSSR count). The standard InChI is InChI=1S/C15H22N2O3S/c18-15(17-11-8-13-5-3-4-10-16-13)9-12-21(19,20)14-6-1-2-7-14/h3-5,10,14H,1-2,6-9,11-12H2,(H,17,18). The van der Waals surface area contributed by atoms with Crippen LogP contribution in [-0.2, 0) is 21.1 Å². The van der Waals surface area contributed by atoms with Crippen LogP contribution >= 0.6 is 0 Å². The SMILES string of the molecule is O=C(CCS(=O)(=O)C1CCCC1)NCCc1ccccn1. The molecule has 1 aliphatic carbocycles. The van der Waals surface area contributed by atoms with Crippen LogP contribution in [0.3, 0.4) is 0 Å². The Morgan fingerprint density at radius 3 is 2.71 bits per heavy atom. The molecule has 0 spiro atoms. The summed E-state index contributed by atoms with van der Waals surface area (Å²) in [5.74, 6) is -0.236. The van der Waals surface area contributed by atoms with Crippen LogP contribution in [0.15, 0.2) is 24.4 Å². The Labute approximate surface area is 126 Å². The van der Waals surface area contributed by atoms with Gasteiger partial charge in [0.25, 0.3) is 0 Å². The first-order chi connectivity index (χ1) is 10.1. The van der Waals surface area contributed by atoms with E-state index in [1.165, 1.54) is 0 Å². The fourth-order valence-corrected chi connectivity index (χ4v) is 4.47. The number of nitrogens with zero attached hydrogens (tertiary/aromatic N) is 1. The normalized spacial score (nSPS) is 16.0. The van der Waals surface area contributed by atoms with Crippen molar-refractivity contribution < 1.29 is 13.2 Å². The van der Waals surface area contributed by atoms with Gasteiger partial charge in [0.1, 0.15) is 0 Å². The summed E-state index contributed by atoms with van der Waals surface area (Å²) in [7, 11) is -3.11. The van der Waals surface area contributed by atoms with Crippen LogP contribution in [0.4, 0.5) is 0 Å². The lowest BCUT2D eigenvalue weighted by Gasteiger charge is -2.10. The summed E-state index contributed by atoms with van der Waals surface area (Å²) in [6.07, 6.45) is 5.90. The van der Waals surface area contributed by atoms with E-state index in [-0.39, 0.29) is 23.3 Å². The second-order valence-electron chi connectivity index (χ2n) is 5.44. The summed E-state index contributed by atoms with van der Waals surface area (Å²) >= 11 is 0.